The molecule has 0 aromatic heterocycles. The third kappa shape index (κ3) is 3.15. The summed E-state index contributed by atoms with van der Waals surface area (Å²) in [6.07, 6.45) is 3.64. The van der Waals surface area contributed by atoms with E-state index in [-0.39, 0.29) is 0 Å². The molecule has 0 atom stereocenters. The summed E-state index contributed by atoms with van der Waals surface area (Å²) in [5.74, 6) is 0. The number of para-hydroxylation sites is 1. The maximum absolute atomic E-state index is 10.5. The van der Waals surface area contributed by atoms with Crippen molar-refractivity contribution in [3.05, 3.63) is 59.2 Å². The Bertz CT molecular complexity index is 725. The van der Waals surface area contributed by atoms with E-state index < -0.39 is 0 Å². The van der Waals surface area contributed by atoms with Gasteiger partial charge in [0, 0.05) is 6.42 Å². The van der Waals surface area contributed by atoms with Crippen molar-refractivity contribution < 1.29 is 9.59 Å². The second kappa shape index (κ2) is 6.39. The molecule has 0 aliphatic carbocycles. The van der Waals surface area contributed by atoms with Crippen molar-refractivity contribution in [3.8, 4) is 0 Å². The van der Waals surface area contributed by atoms with Gasteiger partial charge in [-0.3, -0.25) is 0 Å². The minimum Gasteiger partial charge on any atom is -0.211 e. The third-order valence-corrected chi connectivity index (χ3v) is 2.95. The minimum atomic E-state index is 0.530. The molecular weight excluding hydrogens is 252 g/mol. The number of aryl methyl sites for hydroxylation is 1. The Kier molecular flexibility index (Phi) is 4.35. The van der Waals surface area contributed by atoms with Gasteiger partial charge in [-0.15, -0.1) is 0 Å². The van der Waals surface area contributed by atoms with Gasteiger partial charge in [0.15, 0.2) is 0 Å². The van der Waals surface area contributed by atoms with Crippen LogP contribution in [0.15, 0.2) is 52.4 Å². The first-order chi connectivity index (χ1) is 9.74. The zero-order valence-corrected chi connectivity index (χ0v) is 11.0. The number of aliphatic imine (C=N–C) groups is 2. The first kappa shape index (κ1) is 13.6. The Hall–Kier alpha value is -2.80. The van der Waals surface area contributed by atoms with E-state index >= 15 is 0 Å². The van der Waals surface area contributed by atoms with Gasteiger partial charge in [-0.25, -0.2) is 9.59 Å². The molecule has 0 heterocycles. The molecule has 2 rings (SSSR count). The van der Waals surface area contributed by atoms with Crippen LogP contribution in [-0.2, 0) is 16.0 Å². The highest BCUT2D eigenvalue weighted by molar-refractivity contribution is 5.59. The minimum absolute atomic E-state index is 0.530. The summed E-state index contributed by atoms with van der Waals surface area (Å²) in [6, 6.07) is 13.0. The van der Waals surface area contributed by atoms with Gasteiger partial charge in [-0.05, 0) is 35.7 Å². The van der Waals surface area contributed by atoms with Crippen molar-refractivity contribution in [1.82, 2.24) is 0 Å². The lowest BCUT2D eigenvalue weighted by atomic mass is 10.0. The van der Waals surface area contributed by atoms with Crippen molar-refractivity contribution in [1.29, 1.82) is 0 Å². The highest BCUT2D eigenvalue weighted by Gasteiger charge is 2.07. The topological polar surface area (TPSA) is 58.9 Å². The molecule has 0 aliphatic heterocycles. The van der Waals surface area contributed by atoms with Crippen molar-refractivity contribution in [3.63, 3.8) is 0 Å². The molecular formula is C16H12N2O2. The van der Waals surface area contributed by atoms with Gasteiger partial charge in [-0.1, -0.05) is 30.3 Å². The van der Waals surface area contributed by atoms with Crippen LogP contribution in [0.5, 0.6) is 0 Å². The number of benzene rings is 2. The van der Waals surface area contributed by atoms with Crippen LogP contribution in [0.4, 0.5) is 11.4 Å². The molecule has 0 N–H and O–H groups in total. The van der Waals surface area contributed by atoms with Gasteiger partial charge in [0.25, 0.3) is 0 Å². The maximum atomic E-state index is 10.5. The normalized spacial score (nSPS) is 9.45. The molecule has 4 heteroatoms. The van der Waals surface area contributed by atoms with Gasteiger partial charge in [0.1, 0.15) is 0 Å². The molecule has 0 spiro atoms. The predicted molar refractivity (Wildman–Crippen MR) is 76.0 cm³/mol. The van der Waals surface area contributed by atoms with E-state index in [9.17, 15) is 9.59 Å². The summed E-state index contributed by atoms with van der Waals surface area (Å²) in [5, 5.41) is 0. The zero-order chi connectivity index (χ0) is 14.4. The number of isocyanates is 2. The van der Waals surface area contributed by atoms with Crippen LogP contribution in [0.1, 0.15) is 16.7 Å². The van der Waals surface area contributed by atoms with Crippen LogP contribution in [0.2, 0.25) is 0 Å². The zero-order valence-electron chi connectivity index (χ0n) is 11.0. The molecule has 2 aromatic rings. The molecule has 0 unspecified atom stereocenters. The number of nitrogens with zero attached hydrogens (tertiary/aromatic N) is 2. The van der Waals surface area contributed by atoms with Crippen LogP contribution < -0.4 is 0 Å². The van der Waals surface area contributed by atoms with E-state index in [1.54, 1.807) is 24.3 Å². The fraction of sp³-hybridized carbons (Fsp3) is 0.125. The SMILES string of the molecule is Cc1ccc(Cc2ccccc2N=C=O)c(N=C=O)c1. The Balaban J connectivity index is 2.45. The van der Waals surface area contributed by atoms with Gasteiger partial charge in [0.05, 0.1) is 11.4 Å². The third-order valence-electron chi connectivity index (χ3n) is 2.95. The average molecular weight is 264 g/mol. The Morgan fingerprint density at radius 1 is 0.900 bits per heavy atom. The summed E-state index contributed by atoms with van der Waals surface area (Å²) >= 11 is 0. The van der Waals surface area contributed by atoms with Crippen molar-refractivity contribution in [2.45, 2.75) is 13.3 Å². The molecule has 20 heavy (non-hydrogen) atoms. The quantitative estimate of drug-likeness (QED) is 0.626. The number of hydrogen-bond acceptors (Lipinski definition) is 4. The molecule has 4 nitrogen and oxygen atoms in total. The van der Waals surface area contributed by atoms with Gasteiger partial charge in [-0.2, -0.15) is 9.98 Å². The van der Waals surface area contributed by atoms with E-state index in [2.05, 4.69) is 9.98 Å². The van der Waals surface area contributed by atoms with Crippen LogP contribution in [0.3, 0.4) is 0 Å². The number of hydrogen-bond donors (Lipinski definition) is 0. The Labute approximate surface area is 116 Å². The molecule has 0 amide bonds. The first-order valence-electron chi connectivity index (χ1n) is 6.08. The fourth-order valence-corrected chi connectivity index (χ4v) is 2.00. The summed E-state index contributed by atoms with van der Waals surface area (Å²) in [6.45, 7) is 1.93. The predicted octanol–water partition coefficient (Wildman–Crippen LogP) is 3.52. The van der Waals surface area contributed by atoms with Crippen LogP contribution in [0.25, 0.3) is 0 Å². The lowest BCUT2D eigenvalue weighted by Gasteiger charge is -2.07. The first-order valence-corrected chi connectivity index (χ1v) is 6.08. The molecule has 0 fully saturated rings. The van der Waals surface area contributed by atoms with Crippen molar-refractivity contribution >= 4 is 23.5 Å². The summed E-state index contributed by atoms with van der Waals surface area (Å²) < 4.78 is 0. The molecule has 0 bridgehead atoms. The smallest absolute Gasteiger partial charge is 0.211 e. The number of rotatable bonds is 4. The second-order valence-electron chi connectivity index (χ2n) is 4.34. The molecule has 0 radical (unpaired) electrons. The Morgan fingerprint density at radius 3 is 2.30 bits per heavy atom. The molecule has 0 saturated heterocycles. The summed E-state index contributed by atoms with van der Waals surface area (Å²) in [4.78, 5) is 28.3. The molecule has 98 valence electrons. The average Bonchev–Trinajstić information content (AvgIpc) is 2.44. The standard InChI is InChI=1S/C16H12N2O2/c1-12-6-7-14(16(8-12)18-11-20)9-13-4-2-3-5-15(13)17-10-19/h2-8H,9H2,1H3. The second-order valence-corrected chi connectivity index (χ2v) is 4.34. The molecule has 0 saturated carbocycles. The lowest BCUT2D eigenvalue weighted by molar-refractivity contribution is 0.564. The van der Waals surface area contributed by atoms with Crippen LogP contribution in [0, 0.1) is 6.92 Å². The van der Waals surface area contributed by atoms with E-state index in [0.717, 1.165) is 16.7 Å². The molecule has 2 aromatic carbocycles. The monoisotopic (exact) mass is 264 g/mol. The van der Waals surface area contributed by atoms with E-state index in [4.69, 9.17) is 0 Å². The van der Waals surface area contributed by atoms with Crippen LogP contribution in [-0.4, -0.2) is 12.2 Å². The van der Waals surface area contributed by atoms with E-state index in [1.807, 2.05) is 37.3 Å². The molecule has 0 aliphatic rings. The summed E-state index contributed by atoms with van der Waals surface area (Å²) in [5.41, 5.74) is 3.94. The maximum Gasteiger partial charge on any atom is 0.240 e. The largest absolute Gasteiger partial charge is 0.240 e. The van der Waals surface area contributed by atoms with Crippen LogP contribution >= 0.6 is 0 Å². The van der Waals surface area contributed by atoms with Crippen molar-refractivity contribution in [2.75, 3.05) is 0 Å². The Morgan fingerprint density at radius 2 is 1.55 bits per heavy atom. The van der Waals surface area contributed by atoms with E-state index in [0.29, 0.717) is 17.8 Å². The van der Waals surface area contributed by atoms with Gasteiger partial charge < -0.3 is 0 Å². The van der Waals surface area contributed by atoms with Gasteiger partial charge in [0.2, 0.25) is 12.2 Å². The summed E-state index contributed by atoms with van der Waals surface area (Å²) in [7, 11) is 0. The van der Waals surface area contributed by atoms with Crippen molar-refractivity contribution in [2.24, 2.45) is 9.98 Å². The highest BCUT2D eigenvalue weighted by atomic mass is 16.1. The van der Waals surface area contributed by atoms with Gasteiger partial charge >= 0.3 is 0 Å². The fourth-order valence-electron chi connectivity index (χ4n) is 2.00. The highest BCUT2D eigenvalue weighted by Crippen LogP contribution is 2.27. The number of carbonyl (C=O) groups excluding carboxylic acids is 2. The van der Waals surface area contributed by atoms with E-state index in [1.165, 1.54) is 0 Å². The lowest BCUT2D eigenvalue weighted by Crippen LogP contribution is -1.90.